The van der Waals surface area contributed by atoms with Crippen molar-refractivity contribution >= 4 is 0 Å². The first-order chi connectivity index (χ1) is 20.9. The number of epoxide rings is 1. The van der Waals surface area contributed by atoms with Crippen molar-refractivity contribution < 1.29 is 99.5 Å². The van der Waals surface area contributed by atoms with Gasteiger partial charge in [-0.1, -0.05) is 0 Å². The van der Waals surface area contributed by atoms with Gasteiger partial charge in [-0.15, -0.1) is 0 Å². The standard InChI is InChI=1S/C24H42O20/c25-1-6(30)11(32)17(7(31)2-26)42-23-16(37)14(35)18(9(4-28)39-23)43-24-21-20(41-21)19(10(5-29)40-24)44-22-15(36)13(34)12(33)8(3-27)38-22/h6-37H,1-5H2/t6-,7+,8+,9+,10+,11+,12+,13-,14+,15+,16+,17+,18+,19+,20+,21+,22+,23+,24+/m0/s1. The summed E-state index contributed by atoms with van der Waals surface area (Å²) in [6.07, 6.45) is -29.3. The molecule has 4 aliphatic heterocycles. The van der Waals surface area contributed by atoms with Crippen LogP contribution in [-0.4, -0.2) is 216 Å². The molecule has 0 saturated carbocycles. The van der Waals surface area contributed by atoms with Gasteiger partial charge in [-0.3, -0.25) is 0 Å². The first-order valence-corrected chi connectivity index (χ1v) is 14.0. The van der Waals surface area contributed by atoms with Gasteiger partial charge in [-0.2, -0.15) is 0 Å². The molecule has 4 aliphatic rings. The van der Waals surface area contributed by atoms with Gasteiger partial charge in [-0.05, 0) is 0 Å². The van der Waals surface area contributed by atoms with Gasteiger partial charge in [0.05, 0.1) is 33.0 Å². The molecule has 0 radical (unpaired) electrons. The van der Waals surface area contributed by atoms with Gasteiger partial charge in [0.1, 0.15) is 97.7 Å². The molecule has 4 rings (SSSR count). The molecule has 19 atom stereocenters. The van der Waals surface area contributed by atoms with E-state index in [4.69, 9.17) is 38.3 Å². The zero-order valence-corrected chi connectivity index (χ0v) is 23.2. The van der Waals surface area contributed by atoms with Crippen molar-refractivity contribution in [3.63, 3.8) is 0 Å². The maximum Gasteiger partial charge on any atom is 0.187 e. The second-order valence-electron chi connectivity index (χ2n) is 11.0. The molecular formula is C24H42O20. The van der Waals surface area contributed by atoms with Gasteiger partial charge in [0, 0.05) is 0 Å². The highest BCUT2D eigenvalue weighted by Gasteiger charge is 2.62. The number of fused-ring (bicyclic) bond motifs is 1. The Morgan fingerprint density at radius 3 is 1.61 bits per heavy atom. The molecule has 4 fully saturated rings. The van der Waals surface area contributed by atoms with Gasteiger partial charge in [-0.25, -0.2) is 0 Å². The minimum Gasteiger partial charge on any atom is -0.394 e. The van der Waals surface area contributed by atoms with Crippen LogP contribution >= 0.6 is 0 Å². The van der Waals surface area contributed by atoms with Crippen molar-refractivity contribution in [1.82, 2.24) is 0 Å². The zero-order valence-electron chi connectivity index (χ0n) is 23.2. The highest BCUT2D eigenvalue weighted by atomic mass is 16.8. The molecular weight excluding hydrogens is 608 g/mol. The molecule has 4 saturated heterocycles. The van der Waals surface area contributed by atoms with E-state index in [9.17, 15) is 61.3 Å². The van der Waals surface area contributed by atoms with Gasteiger partial charge >= 0.3 is 0 Å². The molecule has 20 heteroatoms. The van der Waals surface area contributed by atoms with E-state index in [2.05, 4.69) is 0 Å². The van der Waals surface area contributed by atoms with E-state index in [1.54, 1.807) is 0 Å². The summed E-state index contributed by atoms with van der Waals surface area (Å²) in [5.41, 5.74) is 0. The number of hydrogen-bond donors (Lipinski definition) is 13. The minimum atomic E-state index is -1.97. The minimum absolute atomic E-state index is 0.684. The Morgan fingerprint density at radius 2 is 1.02 bits per heavy atom. The van der Waals surface area contributed by atoms with Crippen molar-refractivity contribution in [1.29, 1.82) is 0 Å². The Morgan fingerprint density at radius 1 is 0.500 bits per heavy atom. The molecule has 0 amide bonds. The third-order valence-corrected chi connectivity index (χ3v) is 8.04. The van der Waals surface area contributed by atoms with Gasteiger partial charge in [0.2, 0.25) is 0 Å². The van der Waals surface area contributed by atoms with Crippen LogP contribution in [0.25, 0.3) is 0 Å². The molecule has 13 N–H and O–H groups in total. The average Bonchev–Trinajstić information content (AvgIpc) is 3.84. The molecule has 0 aliphatic carbocycles. The SMILES string of the molecule is OC[C@@H](O)[C@@H](O[C@H]1O[C@H](CO)[C@@H](O[C@H]2O[C@H](CO)[C@@H](O[C@H]3O[C@H](CO)[C@@H](O)[C@H](O)[C@H]3O)[C@H]3O[C@@H]23)[C@H](O)[C@H]1O)[C@H](O)[C@@H](O)CO. The molecule has 0 unspecified atom stereocenters. The van der Waals surface area contributed by atoms with E-state index in [0.717, 1.165) is 0 Å². The summed E-state index contributed by atoms with van der Waals surface area (Å²) < 4.78 is 39.0. The van der Waals surface area contributed by atoms with Crippen LogP contribution in [0.2, 0.25) is 0 Å². The summed E-state index contributed by atoms with van der Waals surface area (Å²) in [6.45, 7) is -4.11. The Labute approximate surface area is 249 Å². The number of rotatable bonds is 14. The monoisotopic (exact) mass is 650 g/mol. The molecule has 0 aromatic rings. The highest BCUT2D eigenvalue weighted by molar-refractivity contribution is 5.04. The second-order valence-corrected chi connectivity index (χ2v) is 11.0. The average molecular weight is 651 g/mol. The van der Waals surface area contributed by atoms with Crippen LogP contribution in [-0.2, 0) is 33.2 Å². The maximum atomic E-state index is 10.9. The predicted octanol–water partition coefficient (Wildman–Crippen LogP) is -9.07. The third kappa shape index (κ3) is 7.35. The molecule has 258 valence electrons. The molecule has 20 nitrogen and oxygen atoms in total. The first kappa shape index (κ1) is 36.0. The quantitative estimate of drug-likeness (QED) is 0.0776. The lowest BCUT2D eigenvalue weighted by atomic mass is 9.97. The van der Waals surface area contributed by atoms with Gasteiger partial charge in [0.15, 0.2) is 18.9 Å². The first-order valence-electron chi connectivity index (χ1n) is 14.0. The maximum absolute atomic E-state index is 10.9. The summed E-state index contributed by atoms with van der Waals surface area (Å²) in [6, 6.07) is 0. The third-order valence-electron chi connectivity index (χ3n) is 8.04. The predicted molar refractivity (Wildman–Crippen MR) is 133 cm³/mol. The number of aliphatic hydroxyl groups is 13. The van der Waals surface area contributed by atoms with Crippen molar-refractivity contribution in [2.45, 2.75) is 117 Å². The Kier molecular flexibility index (Phi) is 12.6. The fourth-order valence-electron chi connectivity index (χ4n) is 5.39. The summed E-state index contributed by atoms with van der Waals surface area (Å²) in [4.78, 5) is 0. The smallest absolute Gasteiger partial charge is 0.187 e. The number of aliphatic hydroxyl groups excluding tert-OH is 13. The van der Waals surface area contributed by atoms with E-state index in [1.165, 1.54) is 0 Å². The van der Waals surface area contributed by atoms with E-state index in [-0.39, 0.29) is 0 Å². The zero-order chi connectivity index (χ0) is 32.5. The Balaban J connectivity index is 1.41. The van der Waals surface area contributed by atoms with Crippen molar-refractivity contribution in [2.75, 3.05) is 33.0 Å². The summed E-state index contributed by atoms with van der Waals surface area (Å²) in [7, 11) is 0. The summed E-state index contributed by atoms with van der Waals surface area (Å²) >= 11 is 0. The Bertz CT molecular complexity index is 883. The fourth-order valence-corrected chi connectivity index (χ4v) is 5.39. The molecule has 44 heavy (non-hydrogen) atoms. The van der Waals surface area contributed by atoms with E-state index >= 15 is 0 Å². The van der Waals surface area contributed by atoms with Crippen LogP contribution in [0.1, 0.15) is 0 Å². The van der Waals surface area contributed by atoms with E-state index in [0.29, 0.717) is 0 Å². The van der Waals surface area contributed by atoms with Crippen LogP contribution in [0.5, 0.6) is 0 Å². The number of hydrogen-bond acceptors (Lipinski definition) is 20. The summed E-state index contributed by atoms with van der Waals surface area (Å²) in [5, 5.41) is 130. The topological polar surface area (TPSA) is 331 Å². The largest absolute Gasteiger partial charge is 0.394 e. The van der Waals surface area contributed by atoms with Crippen LogP contribution in [0.3, 0.4) is 0 Å². The normalized spacial score (nSPS) is 47.0. The lowest BCUT2D eigenvalue weighted by Crippen LogP contribution is -2.64. The van der Waals surface area contributed by atoms with Crippen LogP contribution in [0.4, 0.5) is 0 Å². The molecule has 0 aromatic heterocycles. The fraction of sp³-hybridized carbons (Fsp3) is 1.00. The molecule has 0 spiro atoms. The lowest BCUT2D eigenvalue weighted by Gasteiger charge is -2.45. The van der Waals surface area contributed by atoms with Crippen molar-refractivity contribution in [3.05, 3.63) is 0 Å². The molecule has 0 aromatic carbocycles. The number of ether oxygens (including phenoxy) is 7. The van der Waals surface area contributed by atoms with E-state index < -0.39 is 150 Å². The summed E-state index contributed by atoms with van der Waals surface area (Å²) in [5.74, 6) is 0. The second kappa shape index (κ2) is 15.4. The highest BCUT2D eigenvalue weighted by Crippen LogP contribution is 2.42. The van der Waals surface area contributed by atoms with Crippen LogP contribution in [0.15, 0.2) is 0 Å². The van der Waals surface area contributed by atoms with E-state index in [1.807, 2.05) is 0 Å². The van der Waals surface area contributed by atoms with Crippen molar-refractivity contribution in [3.8, 4) is 0 Å². The van der Waals surface area contributed by atoms with Gasteiger partial charge in [0.25, 0.3) is 0 Å². The van der Waals surface area contributed by atoms with Crippen LogP contribution < -0.4 is 0 Å². The van der Waals surface area contributed by atoms with Crippen LogP contribution in [0, 0.1) is 0 Å². The van der Waals surface area contributed by atoms with Gasteiger partial charge < -0.3 is 99.5 Å². The molecule has 0 bridgehead atoms. The Hall–Kier alpha value is -0.800. The lowest BCUT2D eigenvalue weighted by molar-refractivity contribution is -0.357. The molecule has 4 heterocycles. The van der Waals surface area contributed by atoms with Crippen molar-refractivity contribution in [2.24, 2.45) is 0 Å².